The van der Waals surface area contributed by atoms with Crippen LogP contribution in [0.25, 0.3) is 0 Å². The van der Waals surface area contributed by atoms with Crippen LogP contribution in [0.2, 0.25) is 0 Å². The lowest BCUT2D eigenvalue weighted by Crippen LogP contribution is -2.47. The van der Waals surface area contributed by atoms with Gasteiger partial charge in [-0.25, -0.2) is 0 Å². The van der Waals surface area contributed by atoms with E-state index in [-0.39, 0.29) is 17.2 Å². The van der Waals surface area contributed by atoms with Gasteiger partial charge in [-0.3, -0.25) is 9.59 Å². The molecule has 0 radical (unpaired) electrons. The van der Waals surface area contributed by atoms with E-state index < -0.39 is 0 Å². The van der Waals surface area contributed by atoms with Crippen LogP contribution in [0.15, 0.2) is 47.1 Å². The summed E-state index contributed by atoms with van der Waals surface area (Å²) >= 11 is 0. The van der Waals surface area contributed by atoms with Crippen LogP contribution in [0.5, 0.6) is 0 Å². The van der Waals surface area contributed by atoms with Crippen LogP contribution < -0.4 is 0 Å². The van der Waals surface area contributed by atoms with Gasteiger partial charge < -0.3 is 14.2 Å². The van der Waals surface area contributed by atoms with E-state index in [1.165, 1.54) is 6.26 Å². The second kappa shape index (κ2) is 6.63. The normalized spacial score (nSPS) is 22.8. The van der Waals surface area contributed by atoms with Crippen molar-refractivity contribution in [1.82, 2.24) is 9.80 Å². The minimum Gasteiger partial charge on any atom is -0.459 e. The van der Waals surface area contributed by atoms with Gasteiger partial charge in [0.1, 0.15) is 0 Å². The first-order valence-electron chi connectivity index (χ1n) is 9.26. The standard InChI is InChI=1S/C21H24N2O3/c1-16-6-2-3-7-17(16)19(24)23-12-10-21(15-23)9-5-11-22(14-21)20(25)18-8-4-13-26-18/h2-4,6-8,13H,5,9-12,14-15H2,1H3/t21-/m0/s1. The zero-order valence-electron chi connectivity index (χ0n) is 15.1. The zero-order valence-corrected chi connectivity index (χ0v) is 15.1. The highest BCUT2D eigenvalue weighted by molar-refractivity contribution is 5.96. The third-order valence-electron chi connectivity index (χ3n) is 5.78. The van der Waals surface area contributed by atoms with Gasteiger partial charge in [0.25, 0.3) is 11.8 Å². The van der Waals surface area contributed by atoms with Crippen molar-refractivity contribution < 1.29 is 14.0 Å². The minimum atomic E-state index is -0.0437. The van der Waals surface area contributed by atoms with E-state index in [0.717, 1.165) is 50.0 Å². The maximum atomic E-state index is 12.9. The lowest BCUT2D eigenvalue weighted by atomic mass is 9.79. The van der Waals surface area contributed by atoms with Crippen LogP contribution in [0.4, 0.5) is 0 Å². The van der Waals surface area contributed by atoms with Gasteiger partial charge >= 0.3 is 0 Å². The molecule has 3 heterocycles. The number of hydrogen-bond donors (Lipinski definition) is 0. The first kappa shape index (κ1) is 16.9. The predicted molar refractivity (Wildman–Crippen MR) is 98.0 cm³/mol. The van der Waals surface area contributed by atoms with Gasteiger partial charge in [-0.05, 0) is 49.9 Å². The second-order valence-corrected chi connectivity index (χ2v) is 7.60. The molecule has 2 amide bonds. The highest BCUT2D eigenvalue weighted by Gasteiger charge is 2.44. The summed E-state index contributed by atoms with van der Waals surface area (Å²) in [6, 6.07) is 11.2. The molecule has 0 saturated carbocycles. The van der Waals surface area contributed by atoms with E-state index in [0.29, 0.717) is 12.3 Å². The Bertz CT molecular complexity index is 814. The summed E-state index contributed by atoms with van der Waals surface area (Å²) in [6.45, 7) is 4.92. The number of carbonyl (C=O) groups excluding carboxylic acids is 2. The van der Waals surface area contributed by atoms with Crippen LogP contribution >= 0.6 is 0 Å². The summed E-state index contributed by atoms with van der Waals surface area (Å²) in [6.07, 6.45) is 4.52. The number of piperidine rings is 1. The van der Waals surface area contributed by atoms with Crippen molar-refractivity contribution in [1.29, 1.82) is 0 Å². The third-order valence-corrected chi connectivity index (χ3v) is 5.78. The van der Waals surface area contributed by atoms with Crippen molar-refractivity contribution >= 4 is 11.8 Å². The molecule has 5 heteroatoms. The van der Waals surface area contributed by atoms with E-state index >= 15 is 0 Å². The summed E-state index contributed by atoms with van der Waals surface area (Å²) < 4.78 is 5.27. The molecule has 2 fully saturated rings. The van der Waals surface area contributed by atoms with Crippen molar-refractivity contribution in [3.63, 3.8) is 0 Å². The summed E-state index contributed by atoms with van der Waals surface area (Å²) in [5.41, 5.74) is 1.80. The van der Waals surface area contributed by atoms with Crippen molar-refractivity contribution in [2.24, 2.45) is 5.41 Å². The van der Waals surface area contributed by atoms with E-state index in [4.69, 9.17) is 4.42 Å². The van der Waals surface area contributed by atoms with Crippen LogP contribution in [0, 0.1) is 12.3 Å². The highest BCUT2D eigenvalue weighted by atomic mass is 16.3. The maximum Gasteiger partial charge on any atom is 0.289 e. The monoisotopic (exact) mass is 352 g/mol. The minimum absolute atomic E-state index is 0.0127. The Balaban J connectivity index is 1.47. The van der Waals surface area contributed by atoms with Crippen molar-refractivity contribution in [2.45, 2.75) is 26.2 Å². The van der Waals surface area contributed by atoms with E-state index in [1.54, 1.807) is 12.1 Å². The Labute approximate surface area is 153 Å². The molecular formula is C21H24N2O3. The summed E-state index contributed by atoms with van der Waals surface area (Å²) in [7, 11) is 0. The van der Waals surface area contributed by atoms with Gasteiger partial charge in [-0.1, -0.05) is 18.2 Å². The maximum absolute atomic E-state index is 12.9. The quantitative estimate of drug-likeness (QED) is 0.833. The number of hydrogen-bond acceptors (Lipinski definition) is 3. The van der Waals surface area contributed by atoms with Gasteiger partial charge in [0, 0.05) is 37.2 Å². The molecule has 0 unspecified atom stereocenters. The fourth-order valence-corrected chi connectivity index (χ4v) is 4.36. The molecule has 0 aliphatic carbocycles. The van der Waals surface area contributed by atoms with Gasteiger partial charge in [0.2, 0.25) is 0 Å². The molecule has 1 atom stereocenters. The molecular weight excluding hydrogens is 328 g/mol. The average Bonchev–Trinajstić information content (AvgIpc) is 3.32. The third kappa shape index (κ3) is 3.02. The lowest BCUT2D eigenvalue weighted by Gasteiger charge is -2.40. The van der Waals surface area contributed by atoms with E-state index in [2.05, 4.69) is 0 Å². The number of aryl methyl sites for hydroxylation is 1. The predicted octanol–water partition coefficient (Wildman–Crippen LogP) is 3.36. The van der Waals surface area contributed by atoms with Crippen molar-refractivity contribution in [3.05, 3.63) is 59.5 Å². The fourth-order valence-electron chi connectivity index (χ4n) is 4.36. The van der Waals surface area contributed by atoms with E-state index in [9.17, 15) is 9.59 Å². The molecule has 0 N–H and O–H groups in total. The molecule has 136 valence electrons. The summed E-state index contributed by atoms with van der Waals surface area (Å²) in [5, 5.41) is 0. The topological polar surface area (TPSA) is 53.8 Å². The largest absolute Gasteiger partial charge is 0.459 e. The smallest absolute Gasteiger partial charge is 0.289 e. The molecule has 2 saturated heterocycles. The van der Waals surface area contributed by atoms with Gasteiger partial charge in [-0.15, -0.1) is 0 Å². The Hall–Kier alpha value is -2.56. The Morgan fingerprint density at radius 1 is 0.962 bits per heavy atom. The van der Waals surface area contributed by atoms with Crippen molar-refractivity contribution in [3.8, 4) is 0 Å². The lowest BCUT2D eigenvalue weighted by molar-refractivity contribution is 0.0489. The molecule has 26 heavy (non-hydrogen) atoms. The number of carbonyl (C=O) groups is 2. The first-order chi connectivity index (χ1) is 12.6. The molecule has 4 rings (SSSR count). The van der Waals surface area contributed by atoms with Crippen LogP contribution in [-0.4, -0.2) is 47.8 Å². The Morgan fingerprint density at radius 2 is 1.73 bits per heavy atom. The number of rotatable bonds is 2. The molecule has 1 aromatic heterocycles. The Morgan fingerprint density at radius 3 is 2.46 bits per heavy atom. The molecule has 2 aliphatic heterocycles. The average molecular weight is 352 g/mol. The molecule has 2 aromatic rings. The first-order valence-corrected chi connectivity index (χ1v) is 9.26. The highest BCUT2D eigenvalue weighted by Crippen LogP contribution is 2.40. The van der Waals surface area contributed by atoms with Gasteiger partial charge in [0.05, 0.1) is 6.26 Å². The van der Waals surface area contributed by atoms with Gasteiger partial charge in [-0.2, -0.15) is 0 Å². The van der Waals surface area contributed by atoms with Crippen LogP contribution in [0.1, 0.15) is 45.7 Å². The van der Waals surface area contributed by atoms with Gasteiger partial charge in [0.15, 0.2) is 5.76 Å². The molecule has 0 bridgehead atoms. The number of benzene rings is 1. The molecule has 1 aromatic carbocycles. The summed E-state index contributed by atoms with van der Waals surface area (Å²) in [4.78, 5) is 29.4. The van der Waals surface area contributed by atoms with Crippen molar-refractivity contribution in [2.75, 3.05) is 26.2 Å². The van der Waals surface area contributed by atoms with E-state index in [1.807, 2.05) is 41.0 Å². The summed E-state index contributed by atoms with van der Waals surface area (Å²) in [5.74, 6) is 0.458. The number of likely N-dealkylation sites (tertiary alicyclic amines) is 2. The fraction of sp³-hybridized carbons (Fsp3) is 0.429. The molecule has 2 aliphatic rings. The number of amides is 2. The molecule has 5 nitrogen and oxygen atoms in total. The number of nitrogens with zero attached hydrogens (tertiary/aromatic N) is 2. The SMILES string of the molecule is Cc1ccccc1C(=O)N1CC[C@]2(CCCN(C(=O)c3ccco3)C2)C1. The zero-order chi connectivity index (χ0) is 18.1. The van der Waals surface area contributed by atoms with Crippen LogP contribution in [-0.2, 0) is 0 Å². The number of furan rings is 1. The van der Waals surface area contributed by atoms with Crippen LogP contribution in [0.3, 0.4) is 0 Å². The Kier molecular flexibility index (Phi) is 4.31. The molecule has 1 spiro atoms. The second-order valence-electron chi connectivity index (χ2n) is 7.60.